The molecule has 1 saturated carbocycles. The minimum atomic E-state index is -0.852. The predicted molar refractivity (Wildman–Crippen MR) is 55.1 cm³/mol. The highest BCUT2D eigenvalue weighted by Crippen LogP contribution is 2.60. The third kappa shape index (κ3) is 2.16. The number of hydrogen-bond donors (Lipinski definition) is 2. The lowest BCUT2D eigenvalue weighted by molar-refractivity contribution is -0.146. The van der Waals surface area contributed by atoms with Crippen LogP contribution in [0.2, 0.25) is 0 Å². The summed E-state index contributed by atoms with van der Waals surface area (Å²) in [7, 11) is 0. The van der Waals surface area contributed by atoms with E-state index in [1.54, 1.807) is 6.92 Å². The van der Waals surface area contributed by atoms with Gasteiger partial charge in [-0.25, -0.2) is 0 Å². The molecule has 0 aliphatic heterocycles. The molecule has 0 aromatic rings. The number of carbonyl (C=O) groups excluding carboxylic acids is 1. The highest BCUT2D eigenvalue weighted by molar-refractivity contribution is 5.77. The van der Waals surface area contributed by atoms with Gasteiger partial charge in [0.15, 0.2) is 0 Å². The predicted octanol–water partition coefficient (Wildman–Crippen LogP) is 0.563. The van der Waals surface area contributed by atoms with Crippen molar-refractivity contribution in [3.05, 3.63) is 0 Å². The molecule has 1 aliphatic rings. The molecule has 0 aromatic carbocycles. The van der Waals surface area contributed by atoms with Crippen LogP contribution in [-0.4, -0.2) is 35.0 Å². The highest BCUT2D eigenvalue weighted by Gasteiger charge is 2.65. The van der Waals surface area contributed by atoms with Crippen molar-refractivity contribution in [1.29, 1.82) is 0 Å². The molecule has 4 unspecified atom stereocenters. The smallest absolute Gasteiger partial charge is 0.309 e. The van der Waals surface area contributed by atoms with E-state index >= 15 is 0 Å². The Bertz CT molecular complexity index is 247. The molecule has 0 heterocycles. The second-order valence-corrected chi connectivity index (χ2v) is 4.81. The first-order chi connectivity index (χ1) is 6.84. The molecule has 1 aliphatic carbocycles. The van der Waals surface area contributed by atoms with E-state index in [9.17, 15) is 15.0 Å². The van der Waals surface area contributed by atoms with Crippen LogP contribution >= 0.6 is 0 Å². The van der Waals surface area contributed by atoms with E-state index in [0.29, 0.717) is 6.61 Å². The molecule has 4 atom stereocenters. The summed E-state index contributed by atoms with van der Waals surface area (Å²) >= 11 is 0. The fourth-order valence-corrected chi connectivity index (χ4v) is 2.30. The molecular formula is C11H20O4. The largest absolute Gasteiger partial charge is 0.466 e. The Hall–Kier alpha value is -0.610. The van der Waals surface area contributed by atoms with Crippen LogP contribution in [0.1, 0.15) is 27.7 Å². The number of ether oxygens (including phenoxy) is 1. The molecule has 0 amide bonds. The summed E-state index contributed by atoms with van der Waals surface area (Å²) in [4.78, 5) is 11.5. The lowest BCUT2D eigenvalue weighted by Crippen LogP contribution is -2.27. The van der Waals surface area contributed by atoms with E-state index in [1.165, 1.54) is 6.92 Å². The van der Waals surface area contributed by atoms with Gasteiger partial charge in [-0.2, -0.15) is 0 Å². The van der Waals surface area contributed by atoms with E-state index in [1.807, 2.05) is 13.8 Å². The number of rotatable bonds is 4. The zero-order valence-electron chi connectivity index (χ0n) is 9.73. The average Bonchev–Trinajstić information content (AvgIpc) is 2.68. The van der Waals surface area contributed by atoms with E-state index in [2.05, 4.69) is 0 Å². The van der Waals surface area contributed by atoms with Gasteiger partial charge in [0.2, 0.25) is 0 Å². The Morgan fingerprint density at radius 3 is 2.40 bits per heavy atom. The summed E-state index contributed by atoms with van der Waals surface area (Å²) in [6.07, 6.45) is -1.66. The van der Waals surface area contributed by atoms with Gasteiger partial charge < -0.3 is 14.9 Å². The van der Waals surface area contributed by atoms with Crippen LogP contribution in [-0.2, 0) is 9.53 Å². The minimum absolute atomic E-state index is 0.198. The molecule has 15 heavy (non-hydrogen) atoms. The Kier molecular flexibility index (Phi) is 3.41. The van der Waals surface area contributed by atoms with Crippen LogP contribution in [0.25, 0.3) is 0 Å². The van der Waals surface area contributed by atoms with Gasteiger partial charge in [-0.3, -0.25) is 4.79 Å². The van der Waals surface area contributed by atoms with Crippen molar-refractivity contribution in [1.82, 2.24) is 0 Å². The summed E-state index contributed by atoms with van der Waals surface area (Å²) in [5, 5.41) is 19.0. The molecule has 1 fully saturated rings. The minimum Gasteiger partial charge on any atom is -0.466 e. The molecule has 4 heteroatoms. The van der Waals surface area contributed by atoms with Crippen LogP contribution in [0.4, 0.5) is 0 Å². The summed E-state index contributed by atoms with van der Waals surface area (Å²) in [5.41, 5.74) is -0.275. The van der Waals surface area contributed by atoms with Crippen LogP contribution in [0, 0.1) is 17.3 Å². The number of carbonyl (C=O) groups is 1. The zero-order valence-corrected chi connectivity index (χ0v) is 9.73. The Morgan fingerprint density at radius 1 is 1.47 bits per heavy atom. The summed E-state index contributed by atoms with van der Waals surface area (Å²) in [6.45, 7) is 7.45. The third-order valence-corrected chi connectivity index (χ3v) is 3.31. The second-order valence-electron chi connectivity index (χ2n) is 4.81. The average molecular weight is 216 g/mol. The van der Waals surface area contributed by atoms with E-state index in [0.717, 1.165) is 0 Å². The zero-order chi connectivity index (χ0) is 11.8. The lowest BCUT2D eigenvalue weighted by atomic mass is 10.0. The number of aliphatic hydroxyl groups is 2. The highest BCUT2D eigenvalue weighted by atomic mass is 16.5. The van der Waals surface area contributed by atoms with Crippen molar-refractivity contribution in [2.45, 2.75) is 39.9 Å². The topological polar surface area (TPSA) is 66.8 Å². The van der Waals surface area contributed by atoms with Gasteiger partial charge in [0.25, 0.3) is 0 Å². The second kappa shape index (κ2) is 4.10. The van der Waals surface area contributed by atoms with Crippen molar-refractivity contribution < 1.29 is 19.7 Å². The van der Waals surface area contributed by atoms with Crippen molar-refractivity contribution >= 4 is 5.97 Å². The van der Waals surface area contributed by atoms with Crippen molar-refractivity contribution in [3.63, 3.8) is 0 Å². The summed E-state index contributed by atoms with van der Waals surface area (Å²) in [6, 6.07) is 0. The van der Waals surface area contributed by atoms with Crippen LogP contribution in [0.15, 0.2) is 0 Å². The standard InChI is InChI=1S/C11H20O4/c1-5-15-10(14)8-7(11(8,3)4)9(13)6(2)12/h6-9,12-13H,5H2,1-4H3. The fraction of sp³-hybridized carbons (Fsp3) is 0.909. The van der Waals surface area contributed by atoms with Gasteiger partial charge in [0.05, 0.1) is 24.7 Å². The normalized spacial score (nSPS) is 31.9. The fourth-order valence-electron chi connectivity index (χ4n) is 2.30. The quantitative estimate of drug-likeness (QED) is 0.674. The molecule has 2 N–H and O–H groups in total. The van der Waals surface area contributed by atoms with E-state index in [-0.39, 0.29) is 23.2 Å². The first-order valence-electron chi connectivity index (χ1n) is 5.36. The molecule has 0 spiro atoms. The lowest BCUT2D eigenvalue weighted by Gasteiger charge is -2.14. The van der Waals surface area contributed by atoms with Crippen LogP contribution in [0.3, 0.4) is 0 Å². The van der Waals surface area contributed by atoms with Gasteiger partial charge >= 0.3 is 5.97 Å². The molecule has 1 rings (SSSR count). The molecular weight excluding hydrogens is 196 g/mol. The molecule has 88 valence electrons. The number of aliphatic hydroxyl groups excluding tert-OH is 2. The first-order valence-corrected chi connectivity index (χ1v) is 5.36. The van der Waals surface area contributed by atoms with Crippen LogP contribution < -0.4 is 0 Å². The van der Waals surface area contributed by atoms with Gasteiger partial charge in [-0.15, -0.1) is 0 Å². The maximum Gasteiger partial charge on any atom is 0.309 e. The summed E-state index contributed by atoms with van der Waals surface area (Å²) in [5.74, 6) is -0.759. The SMILES string of the molecule is CCOC(=O)C1C(C(O)C(C)O)C1(C)C. The molecule has 4 nitrogen and oxygen atoms in total. The van der Waals surface area contributed by atoms with Gasteiger partial charge in [0, 0.05) is 5.92 Å². The maximum atomic E-state index is 11.5. The van der Waals surface area contributed by atoms with Crippen molar-refractivity contribution in [3.8, 4) is 0 Å². The first kappa shape index (κ1) is 12.5. The third-order valence-electron chi connectivity index (χ3n) is 3.31. The van der Waals surface area contributed by atoms with Gasteiger partial charge in [-0.05, 0) is 19.3 Å². The van der Waals surface area contributed by atoms with E-state index < -0.39 is 12.2 Å². The van der Waals surface area contributed by atoms with E-state index in [4.69, 9.17) is 4.74 Å². The molecule has 0 radical (unpaired) electrons. The van der Waals surface area contributed by atoms with Gasteiger partial charge in [0.1, 0.15) is 0 Å². The Labute approximate surface area is 90.2 Å². The number of hydrogen-bond acceptors (Lipinski definition) is 4. The Balaban J connectivity index is 2.66. The van der Waals surface area contributed by atoms with Crippen molar-refractivity contribution in [2.75, 3.05) is 6.61 Å². The summed E-state index contributed by atoms with van der Waals surface area (Å²) < 4.78 is 4.93. The van der Waals surface area contributed by atoms with Gasteiger partial charge in [-0.1, -0.05) is 13.8 Å². The molecule has 0 saturated heterocycles. The molecule has 0 aromatic heterocycles. The van der Waals surface area contributed by atoms with Crippen molar-refractivity contribution in [2.24, 2.45) is 17.3 Å². The number of esters is 1. The Morgan fingerprint density at radius 2 is 2.00 bits per heavy atom. The monoisotopic (exact) mass is 216 g/mol. The molecule has 0 bridgehead atoms. The van der Waals surface area contributed by atoms with Crippen LogP contribution in [0.5, 0.6) is 0 Å². The maximum absolute atomic E-state index is 11.5.